The first-order valence-electron chi connectivity index (χ1n) is 3.60. The molecule has 8 heteroatoms. The maximum atomic E-state index is 10.6. The van der Waals surface area contributed by atoms with Crippen molar-refractivity contribution in [1.29, 1.82) is 5.41 Å². The smallest absolute Gasteiger partial charge is 0.475 e. The second-order valence-electron chi connectivity index (χ2n) is 2.61. The predicted molar refractivity (Wildman–Crippen MR) is 42.0 cm³/mol. The summed E-state index contributed by atoms with van der Waals surface area (Å²) in [5, 5.41) is 17.0. The van der Waals surface area contributed by atoms with E-state index in [0.717, 1.165) is 13.1 Å². The molecular formula is C6H10F3N3O2. The highest BCUT2D eigenvalue weighted by Gasteiger charge is 2.38. The van der Waals surface area contributed by atoms with Crippen LogP contribution in [0.15, 0.2) is 0 Å². The third-order valence-corrected chi connectivity index (χ3v) is 1.46. The predicted octanol–water partition coefficient (Wildman–Crippen LogP) is -0.225. The van der Waals surface area contributed by atoms with E-state index in [9.17, 15) is 13.2 Å². The molecule has 82 valence electrons. The molecule has 0 aliphatic carbocycles. The van der Waals surface area contributed by atoms with E-state index in [2.05, 4.69) is 5.32 Å². The van der Waals surface area contributed by atoms with E-state index in [4.69, 9.17) is 21.0 Å². The Hall–Kier alpha value is -1.31. The Labute approximate surface area is 77.6 Å². The maximum Gasteiger partial charge on any atom is 0.490 e. The zero-order valence-corrected chi connectivity index (χ0v) is 7.06. The quantitative estimate of drug-likeness (QED) is 0.357. The summed E-state index contributed by atoms with van der Waals surface area (Å²) in [6, 6.07) is 0. The molecule has 0 aromatic heterocycles. The Morgan fingerprint density at radius 2 is 1.86 bits per heavy atom. The third-order valence-electron chi connectivity index (χ3n) is 1.46. The van der Waals surface area contributed by atoms with Gasteiger partial charge in [0.05, 0.1) is 5.84 Å². The van der Waals surface area contributed by atoms with E-state index in [1.807, 2.05) is 0 Å². The summed E-state index contributed by atoms with van der Waals surface area (Å²) in [6.07, 6.45) is -5.08. The molecule has 1 aliphatic heterocycles. The highest BCUT2D eigenvalue weighted by atomic mass is 19.4. The number of hydrogen-bond donors (Lipinski definition) is 4. The largest absolute Gasteiger partial charge is 0.490 e. The fourth-order valence-corrected chi connectivity index (χ4v) is 0.509. The van der Waals surface area contributed by atoms with Gasteiger partial charge in [-0.05, 0) is 0 Å². The molecule has 5 nitrogen and oxygen atoms in total. The molecular weight excluding hydrogens is 203 g/mol. The fraction of sp³-hybridized carbons (Fsp3) is 0.667. The standard InChI is InChI=1S/C4H9N3.C2HF3O2/c5-4(6)3-1-7-2-3;3-2(4,5)1(6)7/h3,7H,1-2H2,(H3,5,6);(H,6,7). The van der Waals surface area contributed by atoms with Crippen molar-refractivity contribution < 1.29 is 23.1 Å². The fourth-order valence-electron chi connectivity index (χ4n) is 0.509. The Bertz CT molecular complexity index is 225. The second-order valence-corrected chi connectivity index (χ2v) is 2.61. The average Bonchev–Trinajstić information content (AvgIpc) is 1.79. The van der Waals surface area contributed by atoms with Crippen LogP contribution < -0.4 is 11.1 Å². The van der Waals surface area contributed by atoms with Gasteiger partial charge in [0.15, 0.2) is 0 Å². The molecule has 0 radical (unpaired) electrons. The zero-order chi connectivity index (χ0) is 11.4. The Balaban J connectivity index is 0.000000241. The first kappa shape index (κ1) is 12.7. The van der Waals surface area contributed by atoms with Crippen LogP contribution in [0.1, 0.15) is 0 Å². The topological polar surface area (TPSA) is 99.2 Å². The Morgan fingerprint density at radius 1 is 1.50 bits per heavy atom. The van der Waals surface area contributed by atoms with Crippen LogP contribution in [0.4, 0.5) is 13.2 Å². The Morgan fingerprint density at radius 3 is 1.86 bits per heavy atom. The summed E-state index contributed by atoms with van der Waals surface area (Å²) in [6.45, 7) is 1.80. The minimum Gasteiger partial charge on any atom is -0.475 e. The molecule has 1 heterocycles. The normalized spacial score (nSPS) is 16.2. The van der Waals surface area contributed by atoms with Crippen LogP contribution in [0.5, 0.6) is 0 Å². The molecule has 1 saturated heterocycles. The number of carbonyl (C=O) groups is 1. The summed E-state index contributed by atoms with van der Waals surface area (Å²) in [5.41, 5.74) is 5.14. The van der Waals surface area contributed by atoms with Crippen LogP contribution in [0.3, 0.4) is 0 Å². The van der Waals surface area contributed by atoms with E-state index >= 15 is 0 Å². The van der Waals surface area contributed by atoms with Gasteiger partial charge < -0.3 is 16.2 Å². The van der Waals surface area contributed by atoms with Gasteiger partial charge >= 0.3 is 12.1 Å². The molecule has 1 rings (SSSR count). The molecule has 1 aliphatic rings. The number of carboxylic acid groups (broad SMARTS) is 1. The monoisotopic (exact) mass is 213 g/mol. The molecule has 0 aromatic rings. The first-order valence-corrected chi connectivity index (χ1v) is 3.60. The van der Waals surface area contributed by atoms with E-state index in [-0.39, 0.29) is 0 Å². The van der Waals surface area contributed by atoms with Gasteiger partial charge in [0.1, 0.15) is 0 Å². The van der Waals surface area contributed by atoms with Gasteiger partial charge in [-0.25, -0.2) is 4.79 Å². The van der Waals surface area contributed by atoms with Gasteiger partial charge in [-0.15, -0.1) is 0 Å². The molecule has 0 bridgehead atoms. The lowest BCUT2D eigenvalue weighted by Crippen LogP contribution is -2.48. The number of amidine groups is 1. The minimum absolute atomic E-state index is 0.318. The highest BCUT2D eigenvalue weighted by Crippen LogP contribution is 2.13. The van der Waals surface area contributed by atoms with E-state index in [0.29, 0.717) is 11.8 Å². The van der Waals surface area contributed by atoms with Gasteiger partial charge in [0, 0.05) is 19.0 Å². The maximum absolute atomic E-state index is 10.6. The lowest BCUT2D eigenvalue weighted by atomic mass is 10.0. The highest BCUT2D eigenvalue weighted by molar-refractivity contribution is 5.80. The van der Waals surface area contributed by atoms with Gasteiger partial charge in [0.2, 0.25) is 0 Å². The van der Waals surface area contributed by atoms with Crippen molar-refractivity contribution in [2.75, 3.05) is 13.1 Å². The second kappa shape index (κ2) is 4.80. The molecule has 14 heavy (non-hydrogen) atoms. The van der Waals surface area contributed by atoms with E-state index in [1.165, 1.54) is 0 Å². The van der Waals surface area contributed by atoms with Crippen molar-refractivity contribution in [2.24, 2.45) is 11.7 Å². The van der Waals surface area contributed by atoms with E-state index in [1.54, 1.807) is 0 Å². The number of alkyl halides is 3. The number of halogens is 3. The number of rotatable bonds is 1. The molecule has 0 aromatic carbocycles. The summed E-state index contributed by atoms with van der Waals surface area (Å²) in [7, 11) is 0. The van der Waals surface area contributed by atoms with Crippen molar-refractivity contribution in [1.82, 2.24) is 5.32 Å². The number of carboxylic acids is 1. The first-order chi connectivity index (χ1) is 6.25. The molecule has 1 fully saturated rings. The number of hydrogen-bond acceptors (Lipinski definition) is 3. The van der Waals surface area contributed by atoms with E-state index < -0.39 is 12.1 Å². The summed E-state index contributed by atoms with van der Waals surface area (Å²) >= 11 is 0. The van der Waals surface area contributed by atoms with Crippen molar-refractivity contribution in [3.8, 4) is 0 Å². The van der Waals surface area contributed by atoms with Gasteiger partial charge in [-0.3, -0.25) is 5.41 Å². The van der Waals surface area contributed by atoms with Crippen LogP contribution >= 0.6 is 0 Å². The summed E-state index contributed by atoms with van der Waals surface area (Å²) in [4.78, 5) is 8.90. The van der Waals surface area contributed by atoms with Crippen LogP contribution in [0.25, 0.3) is 0 Å². The SMILES string of the molecule is N=C(N)C1CNC1.O=C(O)C(F)(F)F. The van der Waals surface area contributed by atoms with Gasteiger partial charge in [-0.1, -0.05) is 0 Å². The molecule has 5 N–H and O–H groups in total. The van der Waals surface area contributed by atoms with Crippen LogP contribution in [-0.2, 0) is 4.79 Å². The van der Waals surface area contributed by atoms with Crippen molar-refractivity contribution in [3.05, 3.63) is 0 Å². The van der Waals surface area contributed by atoms with Crippen molar-refractivity contribution in [2.45, 2.75) is 6.18 Å². The number of aliphatic carboxylic acids is 1. The summed E-state index contributed by atoms with van der Waals surface area (Å²) < 4.78 is 31.7. The van der Waals surface area contributed by atoms with Crippen LogP contribution in [0, 0.1) is 11.3 Å². The van der Waals surface area contributed by atoms with Gasteiger partial charge in [-0.2, -0.15) is 13.2 Å². The molecule has 0 spiro atoms. The summed E-state index contributed by atoms with van der Waals surface area (Å²) in [5.74, 6) is -2.11. The third kappa shape index (κ3) is 4.65. The Kier molecular flexibility index (Phi) is 4.35. The molecule has 0 atom stereocenters. The number of nitrogens with two attached hydrogens (primary N) is 1. The lowest BCUT2D eigenvalue weighted by Gasteiger charge is -2.25. The van der Waals surface area contributed by atoms with Crippen molar-refractivity contribution >= 4 is 11.8 Å². The molecule has 0 saturated carbocycles. The number of nitrogens with one attached hydrogen (secondary N) is 2. The zero-order valence-electron chi connectivity index (χ0n) is 7.06. The lowest BCUT2D eigenvalue weighted by molar-refractivity contribution is -0.192. The van der Waals surface area contributed by atoms with Crippen molar-refractivity contribution in [3.63, 3.8) is 0 Å². The molecule has 0 unspecified atom stereocenters. The minimum atomic E-state index is -5.08. The average molecular weight is 213 g/mol. The van der Waals surface area contributed by atoms with Crippen LogP contribution in [0.2, 0.25) is 0 Å². The van der Waals surface area contributed by atoms with Gasteiger partial charge in [0.25, 0.3) is 0 Å². The molecule has 0 amide bonds. The van der Waals surface area contributed by atoms with Crippen LogP contribution in [-0.4, -0.2) is 36.2 Å².